The van der Waals surface area contributed by atoms with Crippen molar-refractivity contribution in [2.45, 2.75) is 13.1 Å². The first-order valence-electron chi connectivity index (χ1n) is 5.40. The van der Waals surface area contributed by atoms with Crippen molar-refractivity contribution in [1.29, 1.82) is 0 Å². The van der Waals surface area contributed by atoms with Crippen molar-refractivity contribution in [3.05, 3.63) is 35.8 Å². The molecular formula is C11H14N4O3. The van der Waals surface area contributed by atoms with Gasteiger partial charge in [-0.1, -0.05) is 0 Å². The van der Waals surface area contributed by atoms with Gasteiger partial charge in [0.15, 0.2) is 0 Å². The molecule has 0 aliphatic heterocycles. The predicted octanol–water partition coefficient (Wildman–Crippen LogP) is 0.484. The van der Waals surface area contributed by atoms with Crippen molar-refractivity contribution in [2.24, 2.45) is 7.05 Å². The average molecular weight is 250 g/mol. The molecule has 0 unspecified atom stereocenters. The van der Waals surface area contributed by atoms with Crippen molar-refractivity contribution >= 4 is 5.97 Å². The summed E-state index contributed by atoms with van der Waals surface area (Å²) in [5.41, 5.74) is 0.410. The van der Waals surface area contributed by atoms with Gasteiger partial charge in [-0.15, -0.1) is 10.2 Å². The van der Waals surface area contributed by atoms with Gasteiger partial charge in [-0.2, -0.15) is 0 Å². The van der Waals surface area contributed by atoms with Gasteiger partial charge in [0.05, 0.1) is 25.8 Å². The number of esters is 1. The number of furan rings is 1. The number of carbonyl (C=O) groups is 1. The van der Waals surface area contributed by atoms with Crippen LogP contribution in [0.2, 0.25) is 0 Å². The molecule has 0 bridgehead atoms. The van der Waals surface area contributed by atoms with E-state index in [0.717, 1.165) is 5.82 Å². The van der Waals surface area contributed by atoms with E-state index in [4.69, 9.17) is 4.42 Å². The van der Waals surface area contributed by atoms with E-state index in [2.05, 4.69) is 20.3 Å². The third-order valence-corrected chi connectivity index (χ3v) is 2.46. The second-order valence-corrected chi connectivity index (χ2v) is 3.75. The maximum atomic E-state index is 11.2. The van der Waals surface area contributed by atoms with Crippen LogP contribution in [-0.2, 0) is 24.9 Å². The summed E-state index contributed by atoms with van der Waals surface area (Å²) >= 11 is 0. The Morgan fingerprint density at radius 3 is 3.06 bits per heavy atom. The minimum Gasteiger partial charge on any atom is -0.467 e. The van der Waals surface area contributed by atoms with E-state index >= 15 is 0 Å². The molecule has 2 aromatic rings. The van der Waals surface area contributed by atoms with Crippen molar-refractivity contribution in [2.75, 3.05) is 7.11 Å². The molecule has 0 saturated heterocycles. The second kappa shape index (κ2) is 5.46. The van der Waals surface area contributed by atoms with Gasteiger partial charge in [0.25, 0.3) is 0 Å². The highest BCUT2D eigenvalue weighted by Gasteiger charge is 2.10. The lowest BCUT2D eigenvalue weighted by atomic mass is 10.3. The number of methoxy groups -OCH3 is 1. The molecule has 0 aliphatic rings. The zero-order valence-electron chi connectivity index (χ0n) is 10.2. The highest BCUT2D eigenvalue weighted by molar-refractivity contribution is 5.88. The highest BCUT2D eigenvalue weighted by atomic mass is 16.5. The zero-order valence-corrected chi connectivity index (χ0v) is 10.2. The third-order valence-electron chi connectivity index (χ3n) is 2.46. The highest BCUT2D eigenvalue weighted by Crippen LogP contribution is 2.08. The second-order valence-electron chi connectivity index (χ2n) is 3.75. The number of nitrogens with zero attached hydrogens (tertiary/aromatic N) is 3. The molecule has 0 radical (unpaired) electrons. The molecule has 18 heavy (non-hydrogen) atoms. The minimum atomic E-state index is -0.404. The van der Waals surface area contributed by atoms with E-state index in [-0.39, 0.29) is 0 Å². The van der Waals surface area contributed by atoms with Gasteiger partial charge in [-0.05, 0) is 6.07 Å². The first-order valence-corrected chi connectivity index (χ1v) is 5.40. The van der Waals surface area contributed by atoms with Crippen LogP contribution in [0.15, 0.2) is 23.1 Å². The van der Waals surface area contributed by atoms with Crippen LogP contribution in [-0.4, -0.2) is 27.8 Å². The lowest BCUT2D eigenvalue weighted by Gasteiger charge is -2.01. The third kappa shape index (κ3) is 2.75. The maximum Gasteiger partial charge on any atom is 0.341 e. The number of aryl methyl sites for hydroxylation is 1. The number of nitrogens with one attached hydrogen (secondary N) is 1. The van der Waals surface area contributed by atoms with Crippen LogP contribution in [0.3, 0.4) is 0 Å². The van der Waals surface area contributed by atoms with E-state index in [0.29, 0.717) is 24.4 Å². The molecule has 0 saturated carbocycles. The summed E-state index contributed by atoms with van der Waals surface area (Å²) in [5, 5.41) is 10.9. The summed E-state index contributed by atoms with van der Waals surface area (Å²) in [4.78, 5) is 11.2. The largest absolute Gasteiger partial charge is 0.467 e. The summed E-state index contributed by atoms with van der Waals surface area (Å²) in [6.45, 7) is 1.08. The Hall–Kier alpha value is -2.15. The number of carbonyl (C=O) groups excluding carboxylic acids is 1. The monoisotopic (exact) mass is 250 g/mol. The molecule has 2 heterocycles. The number of hydrogen-bond acceptors (Lipinski definition) is 6. The van der Waals surface area contributed by atoms with Crippen LogP contribution in [0.1, 0.15) is 21.9 Å². The van der Waals surface area contributed by atoms with Crippen molar-refractivity contribution in [3.63, 3.8) is 0 Å². The molecule has 0 aromatic carbocycles. The topological polar surface area (TPSA) is 82.2 Å². The van der Waals surface area contributed by atoms with Gasteiger partial charge in [-0.25, -0.2) is 4.79 Å². The number of hydrogen-bond donors (Lipinski definition) is 1. The SMILES string of the molecule is COC(=O)c1coc(CNCc2nncn2C)c1. The minimum absolute atomic E-state index is 0.404. The summed E-state index contributed by atoms with van der Waals surface area (Å²) < 4.78 is 11.6. The van der Waals surface area contributed by atoms with E-state index < -0.39 is 5.97 Å². The average Bonchev–Trinajstić information content (AvgIpc) is 2.99. The Bertz CT molecular complexity index is 532. The maximum absolute atomic E-state index is 11.2. The lowest BCUT2D eigenvalue weighted by Crippen LogP contribution is -2.15. The van der Waals surface area contributed by atoms with Crippen molar-refractivity contribution in [3.8, 4) is 0 Å². The quantitative estimate of drug-likeness (QED) is 0.777. The molecule has 96 valence electrons. The van der Waals surface area contributed by atoms with Gasteiger partial charge in [0, 0.05) is 7.05 Å². The molecule has 2 aromatic heterocycles. The van der Waals surface area contributed by atoms with Crippen LogP contribution < -0.4 is 5.32 Å². The fraction of sp³-hybridized carbons (Fsp3) is 0.364. The molecular weight excluding hydrogens is 236 g/mol. The first-order chi connectivity index (χ1) is 8.70. The molecule has 1 N–H and O–H groups in total. The van der Waals surface area contributed by atoms with Crippen LogP contribution >= 0.6 is 0 Å². The van der Waals surface area contributed by atoms with E-state index in [1.807, 2.05) is 11.6 Å². The molecule has 0 aliphatic carbocycles. The Labute approximate surface area is 104 Å². The molecule has 7 nitrogen and oxygen atoms in total. The lowest BCUT2D eigenvalue weighted by molar-refractivity contribution is 0.0600. The Morgan fingerprint density at radius 1 is 1.56 bits per heavy atom. The zero-order chi connectivity index (χ0) is 13.0. The molecule has 0 amide bonds. The Kier molecular flexibility index (Phi) is 3.73. The molecule has 2 rings (SSSR count). The molecule has 0 atom stereocenters. The number of aromatic nitrogens is 3. The van der Waals surface area contributed by atoms with Crippen molar-refractivity contribution < 1.29 is 13.9 Å². The fourth-order valence-corrected chi connectivity index (χ4v) is 1.46. The summed E-state index contributed by atoms with van der Waals surface area (Å²) in [6, 6.07) is 1.65. The summed E-state index contributed by atoms with van der Waals surface area (Å²) in [5.74, 6) is 1.09. The van der Waals surface area contributed by atoms with Crippen molar-refractivity contribution in [1.82, 2.24) is 20.1 Å². The van der Waals surface area contributed by atoms with Gasteiger partial charge in [-0.3, -0.25) is 0 Å². The van der Waals surface area contributed by atoms with Gasteiger partial charge >= 0.3 is 5.97 Å². The first kappa shape index (κ1) is 12.3. The Balaban J connectivity index is 1.85. The molecule has 0 fully saturated rings. The van der Waals surface area contributed by atoms with Crippen LogP contribution in [0, 0.1) is 0 Å². The van der Waals surface area contributed by atoms with E-state index in [9.17, 15) is 4.79 Å². The molecule has 7 heteroatoms. The standard InChI is InChI=1S/C11H14N4O3/c1-15-7-13-14-10(15)5-12-4-9-3-8(6-18-9)11(16)17-2/h3,6-7,12H,4-5H2,1-2H3. The predicted molar refractivity (Wildman–Crippen MR) is 61.6 cm³/mol. The fourth-order valence-electron chi connectivity index (χ4n) is 1.46. The van der Waals surface area contributed by atoms with Gasteiger partial charge in [0.1, 0.15) is 24.2 Å². The smallest absolute Gasteiger partial charge is 0.341 e. The number of ether oxygens (including phenoxy) is 1. The van der Waals surface area contributed by atoms with Crippen LogP contribution in [0.4, 0.5) is 0 Å². The number of rotatable bonds is 5. The van der Waals surface area contributed by atoms with Gasteiger partial charge < -0.3 is 19.0 Å². The van der Waals surface area contributed by atoms with Crippen LogP contribution in [0.5, 0.6) is 0 Å². The van der Waals surface area contributed by atoms with Gasteiger partial charge in [0.2, 0.25) is 0 Å². The Morgan fingerprint density at radius 2 is 2.39 bits per heavy atom. The summed E-state index contributed by atoms with van der Waals surface area (Å²) in [7, 11) is 3.21. The van der Waals surface area contributed by atoms with E-state index in [1.165, 1.54) is 13.4 Å². The normalized spacial score (nSPS) is 10.6. The van der Waals surface area contributed by atoms with Crippen LogP contribution in [0.25, 0.3) is 0 Å². The summed E-state index contributed by atoms with van der Waals surface area (Å²) in [6.07, 6.45) is 3.02. The van der Waals surface area contributed by atoms with E-state index in [1.54, 1.807) is 12.4 Å². The molecule has 0 spiro atoms.